The molecule has 2 aromatic rings. The molecule has 144 valence electrons. The van der Waals surface area contributed by atoms with Gasteiger partial charge in [-0.3, -0.25) is 9.59 Å². The number of ether oxygens (including phenoxy) is 1. The standard InChI is InChI=1S/C20H23FN2O4/c1-14(2)27-17-7-6-15(13-16(17)21)19(24)22-8-4-9-23(11-10-22)20(25)18-5-3-12-26-18/h3,5-7,12-14H,4,8-11H2,1-2H3. The number of furan rings is 1. The highest BCUT2D eigenvalue weighted by Gasteiger charge is 2.25. The monoisotopic (exact) mass is 374 g/mol. The first-order valence-corrected chi connectivity index (χ1v) is 9.04. The van der Waals surface area contributed by atoms with E-state index in [0.29, 0.717) is 32.6 Å². The van der Waals surface area contributed by atoms with Crippen LogP contribution in [-0.2, 0) is 0 Å². The summed E-state index contributed by atoms with van der Waals surface area (Å²) in [7, 11) is 0. The van der Waals surface area contributed by atoms with E-state index in [1.807, 2.05) is 13.8 Å². The molecule has 3 rings (SSSR count). The molecule has 0 bridgehead atoms. The minimum atomic E-state index is -0.556. The molecule has 1 aromatic heterocycles. The van der Waals surface area contributed by atoms with Crippen LogP contribution in [-0.4, -0.2) is 53.9 Å². The molecule has 6 nitrogen and oxygen atoms in total. The summed E-state index contributed by atoms with van der Waals surface area (Å²) in [4.78, 5) is 28.5. The predicted molar refractivity (Wildman–Crippen MR) is 97.3 cm³/mol. The lowest BCUT2D eigenvalue weighted by Crippen LogP contribution is -2.37. The van der Waals surface area contributed by atoms with Gasteiger partial charge in [-0.2, -0.15) is 0 Å². The third-order valence-electron chi connectivity index (χ3n) is 4.34. The van der Waals surface area contributed by atoms with Crippen LogP contribution in [0.4, 0.5) is 4.39 Å². The first kappa shape index (κ1) is 18.9. The van der Waals surface area contributed by atoms with Gasteiger partial charge in [-0.05, 0) is 50.6 Å². The number of carbonyl (C=O) groups excluding carboxylic acids is 2. The van der Waals surface area contributed by atoms with Crippen LogP contribution >= 0.6 is 0 Å². The van der Waals surface area contributed by atoms with Gasteiger partial charge in [-0.15, -0.1) is 0 Å². The Morgan fingerprint density at radius 3 is 2.37 bits per heavy atom. The summed E-state index contributed by atoms with van der Waals surface area (Å²) in [6.45, 7) is 5.46. The second kappa shape index (κ2) is 8.24. The van der Waals surface area contributed by atoms with E-state index in [0.717, 1.165) is 0 Å². The first-order valence-electron chi connectivity index (χ1n) is 9.04. The van der Waals surface area contributed by atoms with Gasteiger partial charge < -0.3 is 19.0 Å². The van der Waals surface area contributed by atoms with Gasteiger partial charge in [0.25, 0.3) is 11.8 Å². The topological polar surface area (TPSA) is 63.0 Å². The maximum absolute atomic E-state index is 14.2. The van der Waals surface area contributed by atoms with Crippen LogP contribution in [0.3, 0.4) is 0 Å². The van der Waals surface area contributed by atoms with Gasteiger partial charge in [0.1, 0.15) is 0 Å². The Labute approximate surface area is 157 Å². The average Bonchev–Trinajstić information content (AvgIpc) is 3.06. The van der Waals surface area contributed by atoms with Crippen molar-refractivity contribution in [1.29, 1.82) is 0 Å². The Kier molecular flexibility index (Phi) is 5.78. The van der Waals surface area contributed by atoms with Crippen LogP contribution in [0.2, 0.25) is 0 Å². The van der Waals surface area contributed by atoms with Crippen molar-refractivity contribution in [1.82, 2.24) is 9.80 Å². The van der Waals surface area contributed by atoms with E-state index >= 15 is 0 Å². The SMILES string of the molecule is CC(C)Oc1ccc(C(=O)N2CCCN(C(=O)c3ccco3)CC2)cc1F. The average molecular weight is 374 g/mol. The van der Waals surface area contributed by atoms with Crippen molar-refractivity contribution in [3.63, 3.8) is 0 Å². The Morgan fingerprint density at radius 1 is 1.07 bits per heavy atom. The fourth-order valence-electron chi connectivity index (χ4n) is 3.05. The van der Waals surface area contributed by atoms with E-state index < -0.39 is 5.82 Å². The van der Waals surface area contributed by atoms with Crippen LogP contribution in [0.25, 0.3) is 0 Å². The van der Waals surface area contributed by atoms with E-state index in [1.165, 1.54) is 18.4 Å². The zero-order valence-electron chi connectivity index (χ0n) is 15.5. The molecule has 2 amide bonds. The number of hydrogen-bond donors (Lipinski definition) is 0. The molecule has 1 aliphatic heterocycles. The molecule has 27 heavy (non-hydrogen) atoms. The van der Waals surface area contributed by atoms with Crippen LogP contribution in [0, 0.1) is 5.82 Å². The largest absolute Gasteiger partial charge is 0.488 e. The van der Waals surface area contributed by atoms with Crippen molar-refractivity contribution in [2.24, 2.45) is 0 Å². The lowest BCUT2D eigenvalue weighted by molar-refractivity contribution is 0.0700. The molecule has 0 N–H and O–H groups in total. The number of hydrogen-bond acceptors (Lipinski definition) is 4. The van der Waals surface area contributed by atoms with Gasteiger partial charge in [-0.25, -0.2) is 4.39 Å². The third-order valence-corrected chi connectivity index (χ3v) is 4.34. The summed E-state index contributed by atoms with van der Waals surface area (Å²) >= 11 is 0. The summed E-state index contributed by atoms with van der Waals surface area (Å²) < 4.78 is 24.7. The summed E-state index contributed by atoms with van der Waals surface area (Å²) in [5.74, 6) is -0.572. The molecule has 1 aromatic carbocycles. The zero-order valence-corrected chi connectivity index (χ0v) is 15.5. The molecule has 2 heterocycles. The summed E-state index contributed by atoms with van der Waals surface area (Å²) in [6.07, 6.45) is 1.96. The molecule has 7 heteroatoms. The number of rotatable bonds is 4. The fourth-order valence-corrected chi connectivity index (χ4v) is 3.05. The van der Waals surface area contributed by atoms with E-state index in [4.69, 9.17) is 9.15 Å². The lowest BCUT2D eigenvalue weighted by atomic mass is 10.1. The number of carbonyl (C=O) groups is 2. The number of halogens is 1. The Balaban J connectivity index is 1.66. The highest BCUT2D eigenvalue weighted by Crippen LogP contribution is 2.21. The first-order chi connectivity index (χ1) is 13.0. The van der Waals surface area contributed by atoms with Crippen LogP contribution in [0.5, 0.6) is 5.75 Å². The molecular weight excluding hydrogens is 351 g/mol. The molecule has 1 aliphatic rings. The number of amides is 2. The van der Waals surface area contributed by atoms with Gasteiger partial charge in [0.15, 0.2) is 17.3 Å². The van der Waals surface area contributed by atoms with E-state index in [1.54, 1.807) is 28.0 Å². The number of nitrogens with zero attached hydrogens (tertiary/aromatic N) is 2. The fraction of sp³-hybridized carbons (Fsp3) is 0.400. The maximum atomic E-state index is 14.2. The molecule has 0 radical (unpaired) electrons. The molecule has 0 unspecified atom stereocenters. The molecule has 1 fully saturated rings. The molecule has 0 saturated carbocycles. The van der Waals surface area contributed by atoms with E-state index in [9.17, 15) is 14.0 Å². The highest BCUT2D eigenvalue weighted by molar-refractivity contribution is 5.95. The van der Waals surface area contributed by atoms with Gasteiger partial charge in [0.05, 0.1) is 12.4 Å². The van der Waals surface area contributed by atoms with Crippen molar-refractivity contribution in [2.75, 3.05) is 26.2 Å². The zero-order chi connectivity index (χ0) is 19.4. The second-order valence-corrected chi connectivity index (χ2v) is 6.73. The summed E-state index contributed by atoms with van der Waals surface area (Å²) in [5, 5.41) is 0. The molecule has 0 spiro atoms. The van der Waals surface area contributed by atoms with Crippen molar-refractivity contribution in [3.05, 3.63) is 53.7 Å². The Hall–Kier alpha value is -2.83. The Morgan fingerprint density at radius 2 is 1.78 bits per heavy atom. The lowest BCUT2D eigenvalue weighted by Gasteiger charge is -2.22. The smallest absolute Gasteiger partial charge is 0.289 e. The van der Waals surface area contributed by atoms with Crippen molar-refractivity contribution in [3.8, 4) is 5.75 Å². The normalized spacial score (nSPS) is 15.0. The van der Waals surface area contributed by atoms with Gasteiger partial charge in [-0.1, -0.05) is 0 Å². The molecular formula is C20H23FN2O4. The maximum Gasteiger partial charge on any atom is 0.289 e. The van der Waals surface area contributed by atoms with Gasteiger partial charge in [0, 0.05) is 31.7 Å². The van der Waals surface area contributed by atoms with Crippen LogP contribution < -0.4 is 4.74 Å². The highest BCUT2D eigenvalue weighted by atomic mass is 19.1. The van der Waals surface area contributed by atoms with Crippen molar-refractivity contribution < 1.29 is 23.1 Å². The minimum Gasteiger partial charge on any atom is -0.488 e. The van der Waals surface area contributed by atoms with E-state index in [2.05, 4.69) is 0 Å². The second-order valence-electron chi connectivity index (χ2n) is 6.73. The molecule has 0 aliphatic carbocycles. The molecule has 0 atom stereocenters. The quantitative estimate of drug-likeness (QED) is 0.825. The minimum absolute atomic E-state index is 0.132. The Bertz CT molecular complexity index is 804. The summed E-state index contributed by atoms with van der Waals surface area (Å²) in [5.41, 5.74) is 0.273. The van der Waals surface area contributed by atoms with Crippen LogP contribution in [0.15, 0.2) is 41.0 Å². The summed E-state index contributed by atoms with van der Waals surface area (Å²) in [6, 6.07) is 7.55. The van der Waals surface area contributed by atoms with Crippen molar-refractivity contribution in [2.45, 2.75) is 26.4 Å². The predicted octanol–water partition coefficient (Wildman–Crippen LogP) is 3.19. The van der Waals surface area contributed by atoms with Gasteiger partial charge in [0.2, 0.25) is 0 Å². The third kappa shape index (κ3) is 4.48. The van der Waals surface area contributed by atoms with E-state index in [-0.39, 0.29) is 35.0 Å². The molecule has 1 saturated heterocycles. The van der Waals surface area contributed by atoms with Gasteiger partial charge >= 0.3 is 0 Å². The number of benzene rings is 1. The van der Waals surface area contributed by atoms with Crippen LogP contribution in [0.1, 0.15) is 41.2 Å². The van der Waals surface area contributed by atoms with Crippen molar-refractivity contribution >= 4 is 11.8 Å².